The van der Waals surface area contributed by atoms with Crippen LogP contribution in [0.25, 0.3) is 0 Å². The van der Waals surface area contributed by atoms with Crippen LogP contribution in [0.5, 0.6) is 5.75 Å². The normalized spacial score (nSPS) is 21.0. The van der Waals surface area contributed by atoms with Gasteiger partial charge in [-0.3, -0.25) is 9.59 Å². The minimum absolute atomic E-state index is 0.114. The third kappa shape index (κ3) is 4.24. The Bertz CT molecular complexity index is 555. The molecule has 1 aromatic rings. The number of carbonyl (C=O) groups is 2. The molecule has 126 valence electrons. The summed E-state index contributed by atoms with van der Waals surface area (Å²) in [5.41, 5.74) is -0.278. The van der Waals surface area contributed by atoms with E-state index in [4.69, 9.17) is 4.74 Å². The number of hydrogen-bond acceptors (Lipinski definition) is 3. The van der Waals surface area contributed by atoms with Crippen molar-refractivity contribution in [2.24, 2.45) is 5.41 Å². The molecule has 0 saturated carbocycles. The number of carboxylic acid groups (broad SMARTS) is 1. The van der Waals surface area contributed by atoms with Crippen molar-refractivity contribution in [2.75, 3.05) is 19.7 Å². The summed E-state index contributed by atoms with van der Waals surface area (Å²) in [6.45, 7) is 5.35. The first-order valence-electron chi connectivity index (χ1n) is 8.22. The molecule has 1 fully saturated rings. The van der Waals surface area contributed by atoms with Gasteiger partial charge in [0.15, 0.2) is 0 Å². The number of amides is 1. The summed E-state index contributed by atoms with van der Waals surface area (Å²) < 4.78 is 5.59. The van der Waals surface area contributed by atoms with Crippen LogP contribution in [0.4, 0.5) is 0 Å². The van der Waals surface area contributed by atoms with E-state index < -0.39 is 11.4 Å². The zero-order chi connectivity index (χ0) is 16.9. The van der Waals surface area contributed by atoms with Crippen LogP contribution in [0.1, 0.15) is 49.9 Å². The number of nitrogens with zero attached hydrogens (tertiary/aromatic N) is 1. The highest BCUT2D eigenvalue weighted by Gasteiger charge is 2.39. The first-order chi connectivity index (χ1) is 11.0. The summed E-state index contributed by atoms with van der Waals surface area (Å²) in [6.07, 6.45) is 3.40. The molecule has 1 N–H and O–H groups in total. The third-order valence-electron chi connectivity index (χ3n) is 4.37. The van der Waals surface area contributed by atoms with Crippen LogP contribution in [-0.4, -0.2) is 41.6 Å². The molecule has 0 spiro atoms. The Labute approximate surface area is 137 Å². The zero-order valence-electron chi connectivity index (χ0n) is 13.9. The van der Waals surface area contributed by atoms with Gasteiger partial charge in [-0.15, -0.1) is 0 Å². The summed E-state index contributed by atoms with van der Waals surface area (Å²) in [5, 5.41) is 9.35. The van der Waals surface area contributed by atoms with Gasteiger partial charge in [-0.05, 0) is 50.5 Å². The second-order valence-corrected chi connectivity index (χ2v) is 6.42. The maximum absolute atomic E-state index is 12.6. The van der Waals surface area contributed by atoms with E-state index in [0.29, 0.717) is 31.6 Å². The highest BCUT2D eigenvalue weighted by atomic mass is 16.5. The zero-order valence-corrected chi connectivity index (χ0v) is 13.9. The average Bonchev–Trinajstić information content (AvgIpc) is 2.55. The number of carbonyl (C=O) groups excluding carboxylic acids is 1. The fraction of sp³-hybridized carbons (Fsp3) is 0.556. The largest absolute Gasteiger partial charge is 0.494 e. The van der Waals surface area contributed by atoms with Crippen molar-refractivity contribution in [1.82, 2.24) is 4.90 Å². The van der Waals surface area contributed by atoms with Gasteiger partial charge in [0.25, 0.3) is 5.91 Å². The van der Waals surface area contributed by atoms with Gasteiger partial charge in [0.2, 0.25) is 0 Å². The first kappa shape index (κ1) is 17.3. The summed E-state index contributed by atoms with van der Waals surface area (Å²) in [6, 6.07) is 7.08. The molecule has 1 aliphatic heterocycles. The lowest BCUT2D eigenvalue weighted by Gasteiger charge is -2.37. The van der Waals surface area contributed by atoms with E-state index >= 15 is 0 Å². The molecule has 1 aromatic carbocycles. The lowest BCUT2D eigenvalue weighted by Crippen LogP contribution is -2.48. The lowest BCUT2D eigenvalue weighted by molar-refractivity contribution is -0.150. The maximum atomic E-state index is 12.6. The lowest BCUT2D eigenvalue weighted by atomic mass is 9.82. The Morgan fingerprint density at radius 1 is 1.30 bits per heavy atom. The van der Waals surface area contributed by atoms with Crippen LogP contribution < -0.4 is 4.74 Å². The molecule has 1 unspecified atom stereocenters. The highest BCUT2D eigenvalue weighted by Crippen LogP contribution is 2.30. The maximum Gasteiger partial charge on any atom is 0.311 e. The van der Waals surface area contributed by atoms with Crippen molar-refractivity contribution in [2.45, 2.75) is 39.5 Å². The predicted molar refractivity (Wildman–Crippen MR) is 87.7 cm³/mol. The standard InChI is InChI=1S/C18H25NO4/c1-3-4-12-23-15-8-6-14(7-9-15)16(20)19-11-5-10-18(2,13-19)17(21)22/h6-9H,3-5,10-13H2,1-2H3,(H,21,22). The summed E-state index contributed by atoms with van der Waals surface area (Å²) in [4.78, 5) is 25.6. The van der Waals surface area contributed by atoms with Gasteiger partial charge in [-0.1, -0.05) is 13.3 Å². The molecule has 5 heteroatoms. The van der Waals surface area contributed by atoms with Crippen LogP contribution in [0, 0.1) is 5.41 Å². The molecule has 0 aliphatic carbocycles. The van der Waals surface area contributed by atoms with Crippen molar-refractivity contribution in [3.63, 3.8) is 0 Å². The van der Waals surface area contributed by atoms with E-state index in [1.807, 2.05) is 0 Å². The van der Waals surface area contributed by atoms with Crippen LogP contribution in [0.15, 0.2) is 24.3 Å². The van der Waals surface area contributed by atoms with Gasteiger partial charge in [0.1, 0.15) is 5.75 Å². The molecule has 5 nitrogen and oxygen atoms in total. The first-order valence-corrected chi connectivity index (χ1v) is 8.22. The Kier molecular flexibility index (Phi) is 5.64. The quantitative estimate of drug-likeness (QED) is 0.818. The van der Waals surface area contributed by atoms with E-state index in [1.165, 1.54) is 0 Å². The average molecular weight is 319 g/mol. The minimum atomic E-state index is -0.850. The van der Waals surface area contributed by atoms with Crippen molar-refractivity contribution >= 4 is 11.9 Å². The van der Waals surface area contributed by atoms with Gasteiger partial charge < -0.3 is 14.7 Å². The van der Waals surface area contributed by atoms with E-state index in [1.54, 1.807) is 36.1 Å². The second kappa shape index (κ2) is 7.49. The number of aliphatic carboxylic acids is 1. The fourth-order valence-electron chi connectivity index (χ4n) is 2.80. The summed E-state index contributed by atoms with van der Waals surface area (Å²) in [5.74, 6) is -0.198. The van der Waals surface area contributed by atoms with Crippen molar-refractivity contribution in [3.05, 3.63) is 29.8 Å². The monoisotopic (exact) mass is 319 g/mol. The van der Waals surface area contributed by atoms with Crippen molar-refractivity contribution in [1.29, 1.82) is 0 Å². The molecule has 1 aliphatic rings. The molecular formula is C18H25NO4. The van der Waals surface area contributed by atoms with E-state index in [0.717, 1.165) is 18.6 Å². The summed E-state index contributed by atoms with van der Waals surface area (Å²) in [7, 11) is 0. The molecule has 23 heavy (non-hydrogen) atoms. The number of rotatable bonds is 6. The van der Waals surface area contributed by atoms with Crippen LogP contribution in [0.2, 0.25) is 0 Å². The van der Waals surface area contributed by atoms with Crippen LogP contribution >= 0.6 is 0 Å². The van der Waals surface area contributed by atoms with Gasteiger partial charge in [-0.25, -0.2) is 0 Å². The Hall–Kier alpha value is -2.04. The Balaban J connectivity index is 2.01. The van der Waals surface area contributed by atoms with Gasteiger partial charge in [-0.2, -0.15) is 0 Å². The molecule has 1 saturated heterocycles. The van der Waals surface area contributed by atoms with E-state index in [2.05, 4.69) is 6.92 Å². The SMILES string of the molecule is CCCCOc1ccc(C(=O)N2CCCC(C)(C(=O)O)C2)cc1. The number of likely N-dealkylation sites (tertiary alicyclic amines) is 1. The molecular weight excluding hydrogens is 294 g/mol. The van der Waals surface area contributed by atoms with Crippen molar-refractivity contribution in [3.8, 4) is 5.75 Å². The Morgan fingerprint density at radius 3 is 2.61 bits per heavy atom. The number of benzene rings is 1. The van der Waals surface area contributed by atoms with Gasteiger partial charge in [0, 0.05) is 18.7 Å². The fourth-order valence-corrected chi connectivity index (χ4v) is 2.80. The molecule has 0 bridgehead atoms. The number of unbranched alkanes of at least 4 members (excludes halogenated alkanes) is 1. The molecule has 2 rings (SSSR count). The molecule has 1 atom stereocenters. The molecule has 1 amide bonds. The molecule has 0 radical (unpaired) electrons. The van der Waals surface area contributed by atoms with Gasteiger partial charge >= 0.3 is 5.97 Å². The second-order valence-electron chi connectivity index (χ2n) is 6.42. The smallest absolute Gasteiger partial charge is 0.311 e. The van der Waals surface area contributed by atoms with Gasteiger partial charge in [0.05, 0.1) is 12.0 Å². The number of hydrogen-bond donors (Lipinski definition) is 1. The minimum Gasteiger partial charge on any atom is -0.494 e. The highest BCUT2D eigenvalue weighted by molar-refractivity contribution is 5.94. The topological polar surface area (TPSA) is 66.8 Å². The van der Waals surface area contributed by atoms with E-state index in [-0.39, 0.29) is 12.5 Å². The molecule has 1 heterocycles. The van der Waals surface area contributed by atoms with Crippen LogP contribution in [-0.2, 0) is 4.79 Å². The number of piperidine rings is 1. The van der Waals surface area contributed by atoms with E-state index in [9.17, 15) is 14.7 Å². The third-order valence-corrected chi connectivity index (χ3v) is 4.37. The predicted octanol–water partition coefficient (Wildman–Crippen LogP) is 3.19. The summed E-state index contributed by atoms with van der Waals surface area (Å²) >= 11 is 0. The van der Waals surface area contributed by atoms with Crippen LogP contribution in [0.3, 0.4) is 0 Å². The van der Waals surface area contributed by atoms with Crippen molar-refractivity contribution < 1.29 is 19.4 Å². The Morgan fingerprint density at radius 2 is 2.00 bits per heavy atom. The number of ether oxygens (including phenoxy) is 1. The molecule has 0 aromatic heterocycles. The number of carboxylic acids is 1.